The maximum Gasteiger partial charge on any atom is 0.350 e. The number of aryl methyl sites for hydroxylation is 3. The molecule has 3 aromatic rings. The van der Waals surface area contributed by atoms with Crippen LogP contribution >= 0.6 is 34.7 Å². The van der Waals surface area contributed by atoms with E-state index in [1.807, 2.05) is 30.5 Å². The number of halogens is 1. The van der Waals surface area contributed by atoms with Gasteiger partial charge in [0.15, 0.2) is 16.1 Å². The first-order valence-electron chi connectivity index (χ1n) is 10.7. The highest BCUT2D eigenvalue weighted by Gasteiger charge is 2.19. The smallest absolute Gasteiger partial charge is 0.350 e. The van der Waals surface area contributed by atoms with Crippen LogP contribution in [0.2, 0.25) is 5.02 Å². The van der Waals surface area contributed by atoms with Crippen LogP contribution in [0.25, 0.3) is 0 Å². The van der Waals surface area contributed by atoms with E-state index in [1.165, 1.54) is 11.8 Å². The van der Waals surface area contributed by atoms with Crippen molar-refractivity contribution in [3.05, 3.63) is 57.3 Å². The fourth-order valence-corrected chi connectivity index (χ4v) is 4.86. The molecule has 2 aromatic heterocycles. The monoisotopic (exact) mass is 535 g/mol. The summed E-state index contributed by atoms with van der Waals surface area (Å²) in [6, 6.07) is 3.74. The zero-order valence-electron chi connectivity index (χ0n) is 19.9. The van der Waals surface area contributed by atoms with Gasteiger partial charge in [0, 0.05) is 11.6 Å². The van der Waals surface area contributed by atoms with Crippen molar-refractivity contribution >= 4 is 51.7 Å². The lowest BCUT2D eigenvalue weighted by Crippen LogP contribution is -2.15. The minimum Gasteiger partial charge on any atom is -0.486 e. The highest BCUT2D eigenvalue weighted by atomic mass is 35.5. The molecular formula is C23H26ClN5O4S2. The van der Waals surface area contributed by atoms with Gasteiger partial charge >= 0.3 is 5.97 Å². The predicted octanol–water partition coefficient (Wildman–Crippen LogP) is 4.99. The van der Waals surface area contributed by atoms with Crippen LogP contribution < -0.4 is 10.1 Å². The molecule has 186 valence electrons. The van der Waals surface area contributed by atoms with E-state index in [2.05, 4.69) is 27.1 Å². The summed E-state index contributed by atoms with van der Waals surface area (Å²) in [5.41, 5.74) is 2.38. The maximum absolute atomic E-state index is 12.5. The van der Waals surface area contributed by atoms with Gasteiger partial charge in [0.05, 0.1) is 18.1 Å². The molecule has 1 aromatic carbocycles. The van der Waals surface area contributed by atoms with Gasteiger partial charge in [-0.05, 0) is 51.0 Å². The largest absolute Gasteiger partial charge is 0.486 e. The normalized spacial score (nSPS) is 10.8. The molecule has 35 heavy (non-hydrogen) atoms. The molecule has 0 fully saturated rings. The van der Waals surface area contributed by atoms with Crippen LogP contribution in [0.15, 0.2) is 29.9 Å². The molecule has 2 heterocycles. The summed E-state index contributed by atoms with van der Waals surface area (Å²) in [6.45, 7) is 12.0. The third-order valence-corrected chi connectivity index (χ3v) is 7.34. The van der Waals surface area contributed by atoms with Gasteiger partial charge in [-0.2, -0.15) is 0 Å². The Bertz CT molecular complexity index is 1220. The zero-order valence-corrected chi connectivity index (χ0v) is 22.3. The van der Waals surface area contributed by atoms with Crippen molar-refractivity contribution in [1.29, 1.82) is 0 Å². The molecule has 0 saturated heterocycles. The molecular weight excluding hydrogens is 510 g/mol. The first-order chi connectivity index (χ1) is 16.7. The van der Waals surface area contributed by atoms with Crippen LogP contribution in [0.5, 0.6) is 5.75 Å². The molecule has 0 saturated carbocycles. The molecule has 0 atom stereocenters. The van der Waals surface area contributed by atoms with E-state index in [1.54, 1.807) is 19.9 Å². The number of anilines is 1. The number of nitrogens with one attached hydrogen (secondary N) is 1. The van der Waals surface area contributed by atoms with Crippen LogP contribution in [0.4, 0.5) is 5.13 Å². The molecule has 0 aliphatic heterocycles. The van der Waals surface area contributed by atoms with Crippen LogP contribution in [0.1, 0.15) is 39.2 Å². The molecule has 0 unspecified atom stereocenters. The van der Waals surface area contributed by atoms with Crippen molar-refractivity contribution in [1.82, 2.24) is 19.7 Å². The quantitative estimate of drug-likeness (QED) is 0.208. The van der Waals surface area contributed by atoms with Crippen molar-refractivity contribution in [3.63, 3.8) is 0 Å². The van der Waals surface area contributed by atoms with Crippen molar-refractivity contribution < 1.29 is 19.1 Å². The van der Waals surface area contributed by atoms with E-state index in [4.69, 9.17) is 21.1 Å². The number of benzene rings is 1. The Morgan fingerprint density at radius 3 is 2.63 bits per heavy atom. The molecule has 1 N–H and O–H groups in total. The van der Waals surface area contributed by atoms with Gasteiger partial charge in [-0.15, -0.1) is 16.8 Å². The molecule has 9 nitrogen and oxygen atoms in total. The number of nitrogens with zero attached hydrogens (tertiary/aromatic N) is 4. The topological polar surface area (TPSA) is 108 Å². The summed E-state index contributed by atoms with van der Waals surface area (Å²) in [6.07, 6.45) is 1.73. The van der Waals surface area contributed by atoms with E-state index in [9.17, 15) is 9.59 Å². The lowest BCUT2D eigenvalue weighted by Gasteiger charge is -2.11. The number of ether oxygens (including phenoxy) is 2. The van der Waals surface area contributed by atoms with E-state index in [0.29, 0.717) is 44.0 Å². The fourth-order valence-electron chi connectivity index (χ4n) is 3.10. The number of esters is 1. The van der Waals surface area contributed by atoms with Gasteiger partial charge in [0.1, 0.15) is 17.2 Å². The fraction of sp³-hybridized carbons (Fsp3) is 0.348. The predicted molar refractivity (Wildman–Crippen MR) is 138 cm³/mol. The Balaban J connectivity index is 1.62. The number of carbonyl (C=O) groups is 2. The van der Waals surface area contributed by atoms with Crippen molar-refractivity contribution in [2.45, 2.75) is 46.0 Å². The van der Waals surface area contributed by atoms with Crippen molar-refractivity contribution in [3.8, 4) is 5.75 Å². The molecule has 12 heteroatoms. The van der Waals surface area contributed by atoms with E-state index < -0.39 is 5.97 Å². The number of allylic oxidation sites excluding steroid dienone is 1. The highest BCUT2D eigenvalue weighted by Crippen LogP contribution is 2.27. The molecule has 0 radical (unpaired) electrons. The standard InChI is InChI=1S/C23H26ClN5O4S2/c1-6-8-29-17(11-33-16-9-13(3)19(24)14(4)10-16)27-28-23(29)34-12-18(30)26-22-25-15(5)20(35-22)21(31)32-7-2/h6,9-10H,1,7-8,11-12H2,2-5H3,(H,25,26,30). The number of aromatic nitrogens is 4. The summed E-state index contributed by atoms with van der Waals surface area (Å²) in [5.74, 6) is 0.643. The van der Waals surface area contributed by atoms with Gasteiger partial charge in [-0.25, -0.2) is 9.78 Å². The first kappa shape index (κ1) is 26.7. The Morgan fingerprint density at radius 1 is 1.26 bits per heavy atom. The number of hydrogen-bond acceptors (Lipinski definition) is 9. The summed E-state index contributed by atoms with van der Waals surface area (Å²) >= 11 is 8.54. The third kappa shape index (κ3) is 6.83. The zero-order chi connectivity index (χ0) is 25.5. The number of hydrogen-bond donors (Lipinski definition) is 1. The average molecular weight is 536 g/mol. The summed E-state index contributed by atoms with van der Waals surface area (Å²) in [4.78, 5) is 29.1. The molecule has 0 bridgehead atoms. The van der Waals surface area contributed by atoms with Crippen LogP contribution in [-0.2, 0) is 22.7 Å². The van der Waals surface area contributed by atoms with E-state index in [0.717, 1.165) is 22.5 Å². The van der Waals surface area contributed by atoms with Crippen LogP contribution in [0, 0.1) is 20.8 Å². The molecule has 0 aliphatic carbocycles. The van der Waals surface area contributed by atoms with E-state index in [-0.39, 0.29) is 24.9 Å². The Labute approximate surface area is 216 Å². The van der Waals surface area contributed by atoms with Crippen LogP contribution in [-0.4, -0.2) is 44.0 Å². The average Bonchev–Trinajstić information content (AvgIpc) is 3.37. The number of amides is 1. The van der Waals surface area contributed by atoms with Crippen molar-refractivity contribution in [2.24, 2.45) is 0 Å². The number of carbonyl (C=O) groups excluding carboxylic acids is 2. The Morgan fingerprint density at radius 2 is 1.97 bits per heavy atom. The summed E-state index contributed by atoms with van der Waals surface area (Å²) in [7, 11) is 0. The lowest BCUT2D eigenvalue weighted by atomic mass is 10.1. The second-order valence-electron chi connectivity index (χ2n) is 7.45. The van der Waals surface area contributed by atoms with Gasteiger partial charge in [-0.1, -0.05) is 40.8 Å². The van der Waals surface area contributed by atoms with Crippen LogP contribution in [0.3, 0.4) is 0 Å². The van der Waals surface area contributed by atoms with E-state index >= 15 is 0 Å². The number of rotatable bonds is 11. The number of thioether (sulfide) groups is 1. The molecule has 0 aliphatic rings. The highest BCUT2D eigenvalue weighted by molar-refractivity contribution is 7.99. The summed E-state index contributed by atoms with van der Waals surface area (Å²) in [5, 5.41) is 12.8. The molecule has 1 amide bonds. The second kappa shape index (κ2) is 12.2. The minimum absolute atomic E-state index is 0.0824. The second-order valence-corrected chi connectivity index (χ2v) is 9.77. The number of thiazole rings is 1. The Hall–Kier alpha value is -2.89. The SMILES string of the molecule is C=CCn1c(COc2cc(C)c(Cl)c(C)c2)nnc1SCC(=O)Nc1nc(C)c(C(=O)OCC)s1. The lowest BCUT2D eigenvalue weighted by molar-refractivity contribution is -0.113. The minimum atomic E-state index is -0.450. The molecule has 3 rings (SSSR count). The Kier molecular flexibility index (Phi) is 9.30. The molecule has 0 spiro atoms. The summed E-state index contributed by atoms with van der Waals surface area (Å²) < 4.78 is 12.8. The third-order valence-electron chi connectivity index (χ3n) is 4.72. The van der Waals surface area contributed by atoms with Gasteiger partial charge < -0.3 is 14.8 Å². The van der Waals surface area contributed by atoms with Crippen molar-refractivity contribution in [2.75, 3.05) is 17.7 Å². The van der Waals surface area contributed by atoms with Gasteiger partial charge in [-0.3, -0.25) is 9.36 Å². The van der Waals surface area contributed by atoms with Gasteiger partial charge in [0.2, 0.25) is 5.91 Å². The maximum atomic E-state index is 12.5. The first-order valence-corrected chi connectivity index (χ1v) is 12.9. The van der Waals surface area contributed by atoms with Gasteiger partial charge in [0.25, 0.3) is 0 Å².